The number of ether oxygens (including phenoxy) is 4. The van der Waals surface area contributed by atoms with Crippen LogP contribution in [0.2, 0.25) is 0 Å². The highest BCUT2D eigenvalue weighted by atomic mass is 16.7. The lowest BCUT2D eigenvalue weighted by Crippen LogP contribution is -2.59. The van der Waals surface area contributed by atoms with Gasteiger partial charge in [0.15, 0.2) is 11.5 Å². The first kappa shape index (κ1) is 49.2. The number of urea groups is 1. The molecule has 11 rings (SSSR count). The third-order valence-corrected chi connectivity index (χ3v) is 15.1. The Bertz CT molecular complexity index is 3160. The summed E-state index contributed by atoms with van der Waals surface area (Å²) in [6, 6.07) is 41.9. The third-order valence-electron chi connectivity index (χ3n) is 15.1. The Morgan fingerprint density at radius 2 is 1.47 bits per heavy atom. The summed E-state index contributed by atoms with van der Waals surface area (Å²) >= 11 is 0. The molecule has 7 atom stereocenters. The molecule has 5 aliphatic heterocycles. The normalized spacial score (nSPS) is 23.2. The average Bonchev–Trinajstić information content (AvgIpc) is 4.21. The van der Waals surface area contributed by atoms with Crippen LogP contribution >= 0.6 is 0 Å². The van der Waals surface area contributed by atoms with Gasteiger partial charge in [-0.1, -0.05) is 127 Å². The first-order valence-corrected chi connectivity index (χ1v) is 25.5. The van der Waals surface area contributed by atoms with E-state index in [1.807, 2.05) is 133 Å². The number of cyclic esters (lactones) is 1. The van der Waals surface area contributed by atoms with Crippen LogP contribution in [-0.2, 0) is 31.1 Å². The Labute approximate surface area is 435 Å². The Hall–Kier alpha value is -8.00. The Morgan fingerprint density at radius 3 is 2.20 bits per heavy atom. The number of fused-ring (bicyclic) bond motifs is 4. The lowest BCUT2D eigenvalue weighted by Gasteiger charge is -2.46. The summed E-state index contributed by atoms with van der Waals surface area (Å²) in [5.41, 5.74) is 2.68. The van der Waals surface area contributed by atoms with Crippen molar-refractivity contribution in [3.8, 4) is 29.1 Å². The number of nitrogens with one attached hydrogen (secondary N) is 1. The van der Waals surface area contributed by atoms with Crippen molar-refractivity contribution in [2.45, 2.75) is 55.6 Å². The molecule has 5 heterocycles. The van der Waals surface area contributed by atoms with Gasteiger partial charge in [-0.15, -0.1) is 0 Å². The molecule has 15 nitrogen and oxygen atoms in total. The predicted molar refractivity (Wildman–Crippen MR) is 277 cm³/mol. The topological polar surface area (TPSA) is 171 Å². The van der Waals surface area contributed by atoms with Gasteiger partial charge in [0.2, 0.25) is 18.6 Å². The number of morpholine rings is 1. The number of anilines is 1. The minimum Gasteiger partial charge on any atom is -0.491 e. The maximum absolute atomic E-state index is 16.9. The van der Waals surface area contributed by atoms with E-state index in [0.29, 0.717) is 59.1 Å². The highest BCUT2D eigenvalue weighted by molar-refractivity contribution is 6.24. The van der Waals surface area contributed by atoms with E-state index in [4.69, 9.17) is 18.9 Å². The van der Waals surface area contributed by atoms with Crippen molar-refractivity contribution < 1.29 is 48.3 Å². The molecule has 1 spiro atoms. The number of para-hydroxylation sites is 1. The Kier molecular flexibility index (Phi) is 13.8. The van der Waals surface area contributed by atoms with Crippen LogP contribution in [0.1, 0.15) is 76.5 Å². The lowest BCUT2D eigenvalue weighted by atomic mass is 9.64. The number of amides is 4. The van der Waals surface area contributed by atoms with Gasteiger partial charge in [0.05, 0.1) is 42.9 Å². The summed E-state index contributed by atoms with van der Waals surface area (Å²) in [4.78, 5) is 71.6. The van der Waals surface area contributed by atoms with Gasteiger partial charge in [-0.3, -0.25) is 24.2 Å². The van der Waals surface area contributed by atoms with Crippen molar-refractivity contribution in [1.29, 1.82) is 0 Å². The molecule has 15 heteroatoms. The summed E-state index contributed by atoms with van der Waals surface area (Å²) in [6.45, 7) is 3.46. The van der Waals surface area contributed by atoms with Gasteiger partial charge in [-0.2, -0.15) is 0 Å². The fraction of sp³-hybridized carbons (Fsp3) is 0.300. The van der Waals surface area contributed by atoms with Crippen LogP contribution in [0.5, 0.6) is 17.2 Å². The molecule has 6 aromatic carbocycles. The molecule has 382 valence electrons. The van der Waals surface area contributed by atoms with Crippen molar-refractivity contribution in [2.75, 3.05) is 57.7 Å². The van der Waals surface area contributed by atoms with E-state index >= 15 is 19.2 Å². The largest absolute Gasteiger partial charge is 0.491 e. The standard InChI is InChI=1S/C60H57N5O10/c1-39(42-16-5-2-6-17-42)61-59(71)64-47-26-24-40(15-13-14-32-66)35-46(47)60(58(64)70)51(56(68)63-30-28-62(29-31-63)37-41-25-27-49-50(36-41)74-38-73-49)53-57(69)75-54(44-20-9-4-10-21-44)52(43-18-7-3-8-19-43)65(53)55(60)45-22-11-12-23-48(45)72-34-33-67/h2-12,16-27,35-36,39,51-55,66-67H,14,28-34,37-38H2,1H3,(H,61,71)/t39-,51+,52+,53+,54-,55-,60+/m1/s1. The van der Waals surface area contributed by atoms with Gasteiger partial charge in [-0.05, 0) is 71.1 Å². The van der Waals surface area contributed by atoms with Gasteiger partial charge in [0, 0.05) is 50.3 Å². The van der Waals surface area contributed by atoms with E-state index in [1.54, 1.807) is 35.2 Å². The van der Waals surface area contributed by atoms with Crippen molar-refractivity contribution in [1.82, 2.24) is 20.0 Å². The van der Waals surface area contributed by atoms with E-state index in [0.717, 1.165) is 21.6 Å². The summed E-state index contributed by atoms with van der Waals surface area (Å²) in [6.07, 6.45) is -0.761. The van der Waals surface area contributed by atoms with Crippen LogP contribution in [0.15, 0.2) is 152 Å². The number of hydrogen-bond donors (Lipinski definition) is 3. The number of hydrogen-bond acceptors (Lipinski definition) is 12. The molecule has 3 saturated heterocycles. The smallest absolute Gasteiger partial charge is 0.329 e. The molecule has 0 radical (unpaired) electrons. The molecule has 6 aromatic rings. The number of nitrogens with zero attached hydrogens (tertiary/aromatic N) is 4. The molecule has 3 fully saturated rings. The second-order valence-corrected chi connectivity index (χ2v) is 19.4. The third kappa shape index (κ3) is 8.93. The number of aliphatic hydroxyl groups is 2. The van der Waals surface area contributed by atoms with Gasteiger partial charge in [-0.25, -0.2) is 9.69 Å². The molecule has 0 aliphatic carbocycles. The number of esters is 1. The zero-order valence-corrected chi connectivity index (χ0v) is 41.4. The van der Waals surface area contributed by atoms with Crippen molar-refractivity contribution >= 4 is 29.5 Å². The summed E-state index contributed by atoms with van der Waals surface area (Å²) < 4.78 is 24.3. The maximum atomic E-state index is 16.9. The number of piperazine rings is 1. The van der Waals surface area contributed by atoms with Crippen LogP contribution in [0.3, 0.4) is 0 Å². The van der Waals surface area contributed by atoms with Gasteiger partial charge in [0.1, 0.15) is 29.9 Å². The van der Waals surface area contributed by atoms with Crippen LogP contribution in [0, 0.1) is 17.8 Å². The quantitative estimate of drug-likeness (QED) is 0.0849. The van der Waals surface area contributed by atoms with Crippen LogP contribution in [-0.4, -0.2) is 108 Å². The molecule has 4 amide bonds. The van der Waals surface area contributed by atoms with E-state index in [2.05, 4.69) is 22.1 Å². The molecule has 0 aromatic heterocycles. The van der Waals surface area contributed by atoms with E-state index in [1.165, 1.54) is 0 Å². The fourth-order valence-electron chi connectivity index (χ4n) is 11.8. The van der Waals surface area contributed by atoms with E-state index < -0.39 is 65.4 Å². The first-order valence-electron chi connectivity index (χ1n) is 25.5. The van der Waals surface area contributed by atoms with Gasteiger partial charge < -0.3 is 39.4 Å². The monoisotopic (exact) mass is 1010 g/mol. The number of rotatable bonds is 12. The number of aliphatic hydroxyl groups excluding tert-OH is 2. The van der Waals surface area contributed by atoms with Crippen molar-refractivity contribution in [2.24, 2.45) is 5.92 Å². The molecule has 0 saturated carbocycles. The number of benzene rings is 6. The highest BCUT2D eigenvalue weighted by Gasteiger charge is 2.76. The zero-order chi connectivity index (χ0) is 51.6. The maximum Gasteiger partial charge on any atom is 0.329 e. The second-order valence-electron chi connectivity index (χ2n) is 19.4. The molecule has 5 aliphatic rings. The minimum absolute atomic E-state index is 0.100. The minimum atomic E-state index is -2.06. The fourth-order valence-corrected chi connectivity index (χ4v) is 11.8. The average molecular weight is 1010 g/mol. The predicted octanol–water partition coefficient (Wildman–Crippen LogP) is 7.00. The first-order chi connectivity index (χ1) is 36.7. The lowest BCUT2D eigenvalue weighted by molar-refractivity contribution is -0.179. The second kappa shape index (κ2) is 21.1. The summed E-state index contributed by atoms with van der Waals surface area (Å²) in [5, 5.41) is 23.1. The van der Waals surface area contributed by atoms with Crippen molar-refractivity contribution in [3.63, 3.8) is 0 Å². The molecule has 0 bridgehead atoms. The zero-order valence-electron chi connectivity index (χ0n) is 41.4. The summed E-state index contributed by atoms with van der Waals surface area (Å²) in [7, 11) is 0. The Balaban J connectivity index is 1.13. The number of imide groups is 1. The van der Waals surface area contributed by atoms with E-state index in [9.17, 15) is 10.2 Å². The van der Waals surface area contributed by atoms with Gasteiger partial charge >= 0.3 is 12.0 Å². The van der Waals surface area contributed by atoms with E-state index in [-0.39, 0.29) is 51.8 Å². The van der Waals surface area contributed by atoms with Crippen LogP contribution in [0.4, 0.5) is 10.5 Å². The molecule has 0 unspecified atom stereocenters. The molecular weight excluding hydrogens is 951 g/mol. The molecule has 3 N–H and O–H groups in total. The number of carbonyl (C=O) groups is 4. The van der Waals surface area contributed by atoms with Crippen LogP contribution in [0.25, 0.3) is 0 Å². The highest BCUT2D eigenvalue weighted by Crippen LogP contribution is 2.67. The summed E-state index contributed by atoms with van der Waals surface area (Å²) in [5.74, 6) is 4.47. The Morgan fingerprint density at radius 1 is 0.773 bits per heavy atom. The molecule has 75 heavy (non-hydrogen) atoms. The van der Waals surface area contributed by atoms with Crippen molar-refractivity contribution in [3.05, 3.63) is 191 Å². The SMILES string of the molecule is C[C@@H](NC(=O)N1C(=O)[C@@]2(c3cc(C#CCCO)ccc31)[C@H](C(=O)N1CCN(Cc3ccc4c(c3)OCO4)CC1)[C@H]1C(=O)O[C@H](c3ccccc3)[C@H](c3ccccc3)N1[C@@H]2c1ccccc1OCCO)c1ccccc1. The molecular formula is C60H57N5O10. The van der Waals surface area contributed by atoms with Gasteiger partial charge in [0.25, 0.3) is 0 Å². The number of carbonyl (C=O) groups excluding carboxylic acids is 4. The van der Waals surface area contributed by atoms with Crippen LogP contribution < -0.4 is 24.4 Å².